The average molecular weight is 320 g/mol. The van der Waals surface area contributed by atoms with Gasteiger partial charge in [0.25, 0.3) is 0 Å². The molecule has 0 aliphatic rings. The van der Waals surface area contributed by atoms with Crippen LogP contribution in [0.3, 0.4) is 0 Å². The average Bonchev–Trinajstić information content (AvgIpc) is 3.19. The molecule has 0 saturated carbocycles. The first-order valence-corrected chi connectivity index (χ1v) is 8.34. The van der Waals surface area contributed by atoms with E-state index >= 15 is 0 Å². The first-order valence-electron chi connectivity index (χ1n) is 8.34. The van der Waals surface area contributed by atoms with Crippen LogP contribution in [0.15, 0.2) is 51.6 Å². The highest BCUT2D eigenvalue weighted by molar-refractivity contribution is 5.77. The van der Waals surface area contributed by atoms with Crippen molar-refractivity contribution >= 4 is 22.2 Å². The number of rotatable bonds is 4. The fourth-order valence-electron chi connectivity index (χ4n) is 3.21. The number of fused-ring (bicyclic) bond motifs is 2. The summed E-state index contributed by atoms with van der Waals surface area (Å²) in [6.07, 6.45) is 4.24. The Kier molecular flexibility index (Phi) is 3.60. The van der Waals surface area contributed by atoms with Crippen LogP contribution < -0.4 is 0 Å². The molecule has 0 radical (unpaired) electrons. The number of benzene rings is 1. The molecule has 4 nitrogen and oxygen atoms in total. The molecule has 24 heavy (non-hydrogen) atoms. The van der Waals surface area contributed by atoms with Gasteiger partial charge in [-0.1, -0.05) is 32.9 Å². The second kappa shape index (κ2) is 5.78. The lowest BCUT2D eigenvalue weighted by Crippen LogP contribution is -1.99. The Morgan fingerprint density at radius 3 is 2.67 bits per heavy atom. The Morgan fingerprint density at radius 2 is 1.83 bits per heavy atom. The van der Waals surface area contributed by atoms with E-state index < -0.39 is 0 Å². The number of nitrogens with zero attached hydrogens (tertiary/aromatic N) is 2. The summed E-state index contributed by atoms with van der Waals surface area (Å²) in [6.45, 7) is 6.50. The van der Waals surface area contributed by atoms with E-state index in [0.717, 1.165) is 40.1 Å². The van der Waals surface area contributed by atoms with Crippen LogP contribution >= 0.6 is 0 Å². The maximum atomic E-state index is 6.09. The molecule has 3 aromatic heterocycles. The van der Waals surface area contributed by atoms with Crippen molar-refractivity contribution in [3.8, 4) is 0 Å². The number of hydrogen-bond donors (Lipinski definition) is 0. The molecule has 0 spiro atoms. The Labute approximate surface area is 140 Å². The van der Waals surface area contributed by atoms with E-state index in [1.807, 2.05) is 30.5 Å². The van der Waals surface area contributed by atoms with Gasteiger partial charge < -0.3 is 8.83 Å². The minimum atomic E-state index is 0.234. The zero-order valence-corrected chi connectivity index (χ0v) is 14.1. The van der Waals surface area contributed by atoms with Crippen LogP contribution in [-0.2, 0) is 6.42 Å². The summed E-state index contributed by atoms with van der Waals surface area (Å²) in [5, 5.41) is 0. The van der Waals surface area contributed by atoms with Crippen LogP contribution in [0.2, 0.25) is 0 Å². The normalized spacial score (nSPS) is 13.2. The topological polar surface area (TPSA) is 52.1 Å². The molecule has 0 bridgehead atoms. The van der Waals surface area contributed by atoms with Crippen molar-refractivity contribution in [2.45, 2.75) is 39.0 Å². The smallest absolute Gasteiger partial charge is 0.196 e. The summed E-state index contributed by atoms with van der Waals surface area (Å²) in [4.78, 5) is 9.00. The highest BCUT2D eigenvalue weighted by Gasteiger charge is 2.18. The quantitative estimate of drug-likeness (QED) is 0.502. The molecule has 0 aliphatic carbocycles. The Morgan fingerprint density at radius 1 is 0.958 bits per heavy atom. The van der Waals surface area contributed by atoms with E-state index in [0.29, 0.717) is 5.92 Å². The minimum Gasteiger partial charge on any atom is -0.462 e. The minimum absolute atomic E-state index is 0.234. The summed E-state index contributed by atoms with van der Waals surface area (Å²) < 4.78 is 11.7. The molecule has 0 amide bonds. The number of hydrogen-bond acceptors (Lipinski definition) is 4. The summed E-state index contributed by atoms with van der Waals surface area (Å²) in [7, 11) is 0. The molecule has 0 saturated heterocycles. The van der Waals surface area contributed by atoms with E-state index in [9.17, 15) is 0 Å². The number of oxazole rings is 1. The maximum absolute atomic E-state index is 6.09. The number of pyridine rings is 1. The molecule has 4 rings (SSSR count). The zero-order valence-electron chi connectivity index (χ0n) is 14.1. The molecule has 1 aromatic carbocycles. The molecule has 0 N–H and O–H groups in total. The molecule has 1 atom stereocenters. The van der Waals surface area contributed by atoms with Crippen molar-refractivity contribution in [2.24, 2.45) is 0 Å². The Hall–Kier alpha value is -2.62. The monoisotopic (exact) mass is 320 g/mol. The van der Waals surface area contributed by atoms with Gasteiger partial charge in [0.1, 0.15) is 11.0 Å². The van der Waals surface area contributed by atoms with Crippen molar-refractivity contribution in [2.75, 3.05) is 0 Å². The molecular weight excluding hydrogens is 300 g/mol. The largest absolute Gasteiger partial charge is 0.462 e. The number of furan rings is 1. The maximum Gasteiger partial charge on any atom is 0.196 e. The summed E-state index contributed by atoms with van der Waals surface area (Å²) in [5.41, 5.74) is 5.92. The second-order valence-electron chi connectivity index (χ2n) is 6.60. The number of aromatic nitrogens is 2. The van der Waals surface area contributed by atoms with Crippen molar-refractivity contribution in [3.63, 3.8) is 0 Å². The molecular formula is C20H20N2O2. The lowest BCUT2D eigenvalue weighted by molar-refractivity contribution is 0.503. The fourth-order valence-corrected chi connectivity index (χ4v) is 3.21. The van der Waals surface area contributed by atoms with Crippen LogP contribution in [0.5, 0.6) is 0 Å². The fraction of sp³-hybridized carbons (Fsp3) is 0.300. The van der Waals surface area contributed by atoms with E-state index in [2.05, 4.69) is 36.8 Å². The third-order valence-corrected chi connectivity index (χ3v) is 4.50. The van der Waals surface area contributed by atoms with Gasteiger partial charge in [0, 0.05) is 24.2 Å². The lowest BCUT2D eigenvalue weighted by Gasteiger charge is -2.09. The molecule has 0 fully saturated rings. The first-order chi connectivity index (χ1) is 11.6. The van der Waals surface area contributed by atoms with Crippen LogP contribution in [0.1, 0.15) is 49.6 Å². The van der Waals surface area contributed by atoms with Gasteiger partial charge in [0.2, 0.25) is 0 Å². The van der Waals surface area contributed by atoms with Crippen LogP contribution in [-0.4, -0.2) is 9.97 Å². The van der Waals surface area contributed by atoms with Gasteiger partial charge in [-0.2, -0.15) is 0 Å². The van der Waals surface area contributed by atoms with Gasteiger partial charge in [-0.15, -0.1) is 0 Å². The van der Waals surface area contributed by atoms with Gasteiger partial charge in [-0.3, -0.25) is 4.98 Å². The highest BCUT2D eigenvalue weighted by atomic mass is 16.3. The molecule has 0 aliphatic heterocycles. The van der Waals surface area contributed by atoms with E-state index in [4.69, 9.17) is 8.83 Å². The van der Waals surface area contributed by atoms with Gasteiger partial charge >= 0.3 is 0 Å². The Bertz CT molecular complexity index is 997. The number of para-hydroxylation sites is 1. The van der Waals surface area contributed by atoms with E-state index in [-0.39, 0.29) is 5.92 Å². The van der Waals surface area contributed by atoms with Gasteiger partial charge in [0.05, 0.1) is 6.26 Å². The molecule has 1 unspecified atom stereocenters. The van der Waals surface area contributed by atoms with Gasteiger partial charge in [-0.25, -0.2) is 4.98 Å². The Balaban J connectivity index is 1.69. The third-order valence-electron chi connectivity index (χ3n) is 4.50. The van der Waals surface area contributed by atoms with Crippen LogP contribution in [0, 0.1) is 0 Å². The standard InChI is InChI=1S/C20H20N2O2/c1-12(2)14-5-4-6-17-20(14)24-18(22-17)11-13(3)15-7-9-21-16-8-10-23-19(15)16/h4-10,12-13H,11H2,1-3H3. The van der Waals surface area contributed by atoms with E-state index in [1.165, 1.54) is 5.56 Å². The summed E-state index contributed by atoms with van der Waals surface area (Å²) >= 11 is 0. The SMILES string of the molecule is CC(C)c1cccc2nc(CC(C)c3ccnc4ccoc34)oc12. The first kappa shape index (κ1) is 14.9. The zero-order chi connectivity index (χ0) is 16.7. The molecule has 4 heteroatoms. The molecule has 4 aromatic rings. The van der Waals surface area contributed by atoms with Gasteiger partial charge in [-0.05, 0) is 29.5 Å². The highest BCUT2D eigenvalue weighted by Crippen LogP contribution is 2.30. The lowest BCUT2D eigenvalue weighted by atomic mass is 9.98. The second-order valence-corrected chi connectivity index (χ2v) is 6.60. The predicted molar refractivity (Wildman–Crippen MR) is 94.2 cm³/mol. The summed E-state index contributed by atoms with van der Waals surface area (Å²) in [5.74, 6) is 1.41. The van der Waals surface area contributed by atoms with E-state index in [1.54, 1.807) is 6.26 Å². The third kappa shape index (κ3) is 2.48. The van der Waals surface area contributed by atoms with Crippen LogP contribution in [0.25, 0.3) is 22.2 Å². The van der Waals surface area contributed by atoms with Crippen molar-refractivity contribution in [1.29, 1.82) is 0 Å². The molecule has 122 valence electrons. The van der Waals surface area contributed by atoms with Crippen molar-refractivity contribution in [3.05, 3.63) is 59.8 Å². The van der Waals surface area contributed by atoms with Crippen molar-refractivity contribution in [1.82, 2.24) is 9.97 Å². The van der Waals surface area contributed by atoms with Crippen LogP contribution in [0.4, 0.5) is 0 Å². The summed E-state index contributed by atoms with van der Waals surface area (Å²) in [6, 6.07) is 10.1. The van der Waals surface area contributed by atoms with Gasteiger partial charge in [0.15, 0.2) is 17.1 Å². The van der Waals surface area contributed by atoms with Crippen molar-refractivity contribution < 1.29 is 8.83 Å². The molecule has 3 heterocycles. The predicted octanol–water partition coefficient (Wildman–Crippen LogP) is 5.44.